The molecule has 0 radical (unpaired) electrons. The van der Waals surface area contributed by atoms with Gasteiger partial charge in [-0.15, -0.1) is 0 Å². The topological polar surface area (TPSA) is 67.5 Å². The first-order chi connectivity index (χ1) is 10.5. The maximum absolute atomic E-state index is 10.7. The highest BCUT2D eigenvalue weighted by molar-refractivity contribution is 9.10. The molecule has 0 aliphatic rings. The van der Waals surface area contributed by atoms with Crippen molar-refractivity contribution in [2.45, 2.75) is 6.54 Å². The summed E-state index contributed by atoms with van der Waals surface area (Å²) < 4.78 is 0.586. The molecule has 114 valence electrons. The molecule has 0 aliphatic heterocycles. The molecular formula is C14H10BrCl2N3O2. The molecule has 5 nitrogen and oxygen atoms in total. The standard InChI is InChI=1S/C14H10BrCl2N3O2/c15-12-6-10(20(21)22)5-4-9(12)7-18-19-8-11-13(16)2-1-3-14(11)17/h1-7,19H,8H2/b18-7-. The highest BCUT2D eigenvalue weighted by atomic mass is 79.9. The van der Waals surface area contributed by atoms with Gasteiger partial charge in [0.05, 0.1) is 17.7 Å². The third kappa shape index (κ3) is 4.19. The van der Waals surface area contributed by atoms with Crippen LogP contribution in [0.4, 0.5) is 5.69 Å². The van der Waals surface area contributed by atoms with Crippen LogP contribution in [0.1, 0.15) is 11.1 Å². The van der Waals surface area contributed by atoms with Gasteiger partial charge in [-0.3, -0.25) is 10.1 Å². The number of hydrogen-bond donors (Lipinski definition) is 1. The van der Waals surface area contributed by atoms with Crippen LogP contribution < -0.4 is 5.43 Å². The Morgan fingerprint density at radius 3 is 2.55 bits per heavy atom. The summed E-state index contributed by atoms with van der Waals surface area (Å²) >= 11 is 15.4. The number of nitro benzene ring substituents is 1. The van der Waals surface area contributed by atoms with E-state index in [1.165, 1.54) is 12.1 Å². The minimum Gasteiger partial charge on any atom is -0.306 e. The molecule has 0 bridgehead atoms. The number of nitro groups is 1. The zero-order valence-electron chi connectivity index (χ0n) is 11.1. The average Bonchev–Trinajstić information content (AvgIpc) is 2.47. The third-order valence-electron chi connectivity index (χ3n) is 2.81. The van der Waals surface area contributed by atoms with Gasteiger partial charge in [0.1, 0.15) is 0 Å². The number of nitrogens with one attached hydrogen (secondary N) is 1. The van der Waals surface area contributed by atoms with E-state index in [2.05, 4.69) is 26.5 Å². The molecule has 22 heavy (non-hydrogen) atoms. The quantitative estimate of drug-likeness (QED) is 0.444. The predicted molar refractivity (Wildman–Crippen MR) is 91.7 cm³/mol. The van der Waals surface area contributed by atoms with E-state index in [4.69, 9.17) is 23.2 Å². The van der Waals surface area contributed by atoms with Gasteiger partial charge < -0.3 is 5.43 Å². The van der Waals surface area contributed by atoms with Gasteiger partial charge in [-0.1, -0.05) is 29.3 Å². The molecule has 0 saturated carbocycles. The minimum absolute atomic E-state index is 0.0137. The Balaban J connectivity index is 2.03. The lowest BCUT2D eigenvalue weighted by molar-refractivity contribution is -0.384. The van der Waals surface area contributed by atoms with E-state index in [9.17, 15) is 10.1 Å². The van der Waals surface area contributed by atoms with Gasteiger partial charge in [-0.25, -0.2) is 0 Å². The molecule has 0 spiro atoms. The molecule has 0 saturated heterocycles. The van der Waals surface area contributed by atoms with Crippen LogP contribution in [0.15, 0.2) is 46.0 Å². The van der Waals surface area contributed by atoms with Crippen molar-refractivity contribution in [3.05, 3.63) is 72.2 Å². The SMILES string of the molecule is O=[N+]([O-])c1ccc(/C=N\NCc2c(Cl)cccc2Cl)c(Br)c1. The first kappa shape index (κ1) is 16.7. The van der Waals surface area contributed by atoms with E-state index in [1.807, 2.05) is 0 Å². The van der Waals surface area contributed by atoms with Crippen LogP contribution in [0.5, 0.6) is 0 Å². The van der Waals surface area contributed by atoms with E-state index < -0.39 is 4.92 Å². The predicted octanol–water partition coefficient (Wildman–Crippen LogP) is 4.79. The van der Waals surface area contributed by atoms with Crippen molar-refractivity contribution in [1.29, 1.82) is 0 Å². The molecule has 0 fully saturated rings. The number of hydrazone groups is 1. The zero-order chi connectivity index (χ0) is 16.1. The summed E-state index contributed by atoms with van der Waals surface area (Å²) in [6.45, 7) is 0.375. The minimum atomic E-state index is -0.455. The molecule has 0 amide bonds. The van der Waals surface area contributed by atoms with E-state index in [0.717, 1.165) is 5.56 Å². The second-order valence-corrected chi connectivity index (χ2v) is 5.92. The van der Waals surface area contributed by atoms with Crippen LogP contribution in [0.2, 0.25) is 10.0 Å². The van der Waals surface area contributed by atoms with Gasteiger partial charge in [0.2, 0.25) is 0 Å². The lowest BCUT2D eigenvalue weighted by Crippen LogP contribution is -2.06. The summed E-state index contributed by atoms with van der Waals surface area (Å²) in [4.78, 5) is 10.2. The Bertz CT molecular complexity index is 718. The number of hydrogen-bond acceptors (Lipinski definition) is 4. The van der Waals surface area contributed by atoms with Crippen LogP contribution in [0.3, 0.4) is 0 Å². The van der Waals surface area contributed by atoms with Crippen LogP contribution in [-0.4, -0.2) is 11.1 Å². The highest BCUT2D eigenvalue weighted by Crippen LogP contribution is 2.24. The molecule has 0 atom stereocenters. The third-order valence-corrected chi connectivity index (χ3v) is 4.20. The smallest absolute Gasteiger partial charge is 0.270 e. The maximum Gasteiger partial charge on any atom is 0.270 e. The summed E-state index contributed by atoms with van der Waals surface area (Å²) in [6, 6.07) is 9.72. The fourth-order valence-corrected chi connectivity index (χ4v) is 2.68. The normalized spacial score (nSPS) is 10.9. The molecule has 0 unspecified atom stereocenters. The largest absolute Gasteiger partial charge is 0.306 e. The molecule has 1 N–H and O–H groups in total. The first-order valence-electron chi connectivity index (χ1n) is 6.12. The summed E-state index contributed by atoms with van der Waals surface area (Å²) in [6.07, 6.45) is 1.55. The van der Waals surface area contributed by atoms with Crippen molar-refractivity contribution in [1.82, 2.24) is 5.43 Å². The number of rotatable bonds is 5. The molecule has 0 aromatic heterocycles. The number of benzene rings is 2. The van der Waals surface area contributed by atoms with Gasteiger partial charge in [0.15, 0.2) is 0 Å². The molecule has 2 aromatic rings. The van der Waals surface area contributed by atoms with Crippen LogP contribution >= 0.6 is 39.1 Å². The fourth-order valence-electron chi connectivity index (χ4n) is 1.68. The van der Waals surface area contributed by atoms with Gasteiger partial charge in [-0.05, 0) is 34.1 Å². The second-order valence-electron chi connectivity index (χ2n) is 4.26. The van der Waals surface area contributed by atoms with E-state index in [0.29, 0.717) is 26.6 Å². The van der Waals surface area contributed by atoms with Crippen molar-refractivity contribution in [3.63, 3.8) is 0 Å². The van der Waals surface area contributed by atoms with Crippen molar-refractivity contribution in [2.24, 2.45) is 5.10 Å². The fraction of sp³-hybridized carbons (Fsp3) is 0.0714. The lowest BCUT2D eigenvalue weighted by atomic mass is 10.2. The van der Waals surface area contributed by atoms with Crippen LogP contribution in [-0.2, 0) is 6.54 Å². The summed E-state index contributed by atoms with van der Waals surface area (Å²) in [7, 11) is 0. The number of non-ortho nitro benzene ring substituents is 1. The zero-order valence-corrected chi connectivity index (χ0v) is 14.2. The Labute approximate surface area is 145 Å². The van der Waals surface area contributed by atoms with Crippen molar-refractivity contribution >= 4 is 51.0 Å². The average molecular weight is 403 g/mol. The van der Waals surface area contributed by atoms with Gasteiger partial charge >= 0.3 is 0 Å². The van der Waals surface area contributed by atoms with E-state index in [1.54, 1.807) is 30.5 Å². The molecule has 0 heterocycles. The highest BCUT2D eigenvalue weighted by Gasteiger charge is 2.08. The molecular weight excluding hydrogens is 393 g/mol. The van der Waals surface area contributed by atoms with E-state index >= 15 is 0 Å². The van der Waals surface area contributed by atoms with Crippen LogP contribution in [0, 0.1) is 10.1 Å². The Kier molecular flexibility index (Phi) is 5.76. The van der Waals surface area contributed by atoms with E-state index in [-0.39, 0.29) is 5.69 Å². The molecule has 0 aliphatic carbocycles. The van der Waals surface area contributed by atoms with Crippen molar-refractivity contribution < 1.29 is 4.92 Å². The summed E-state index contributed by atoms with van der Waals surface area (Å²) in [5, 5.41) is 15.8. The Morgan fingerprint density at radius 2 is 1.95 bits per heavy atom. The summed E-state index contributed by atoms with van der Waals surface area (Å²) in [5.74, 6) is 0. The lowest BCUT2D eigenvalue weighted by Gasteiger charge is -2.06. The first-order valence-corrected chi connectivity index (χ1v) is 7.66. The Morgan fingerprint density at radius 1 is 1.27 bits per heavy atom. The molecule has 2 rings (SSSR count). The van der Waals surface area contributed by atoms with Gasteiger partial charge in [0.25, 0.3) is 5.69 Å². The Hall–Kier alpha value is -1.63. The van der Waals surface area contributed by atoms with Crippen molar-refractivity contribution in [2.75, 3.05) is 0 Å². The second kappa shape index (κ2) is 7.58. The number of nitrogens with zero attached hydrogens (tertiary/aromatic N) is 2. The van der Waals surface area contributed by atoms with Crippen molar-refractivity contribution in [3.8, 4) is 0 Å². The molecule has 8 heteroatoms. The number of halogens is 3. The van der Waals surface area contributed by atoms with Gasteiger partial charge in [-0.2, -0.15) is 5.10 Å². The monoisotopic (exact) mass is 401 g/mol. The molecule has 2 aromatic carbocycles. The summed E-state index contributed by atoms with van der Waals surface area (Å²) in [5.41, 5.74) is 4.32. The maximum atomic E-state index is 10.7. The van der Waals surface area contributed by atoms with Crippen LogP contribution in [0.25, 0.3) is 0 Å². The van der Waals surface area contributed by atoms with Gasteiger partial charge in [0, 0.05) is 37.8 Å².